The number of rotatable bonds is 6. The summed E-state index contributed by atoms with van der Waals surface area (Å²) in [7, 11) is 1.57. The molecule has 2 aromatic heterocycles. The minimum absolute atomic E-state index is 0.0388. The van der Waals surface area contributed by atoms with E-state index >= 15 is 0 Å². The van der Waals surface area contributed by atoms with Crippen molar-refractivity contribution < 1.29 is 4.79 Å². The third-order valence-corrected chi connectivity index (χ3v) is 6.49. The van der Waals surface area contributed by atoms with Crippen LogP contribution in [-0.4, -0.2) is 53.2 Å². The first kappa shape index (κ1) is 22.0. The van der Waals surface area contributed by atoms with E-state index in [1.165, 1.54) is 0 Å². The Labute approximate surface area is 187 Å². The molecular weight excluding hydrogens is 404 g/mol. The normalized spacial score (nSPS) is 21.6. The number of nitrogens with zero attached hydrogens (tertiary/aromatic N) is 3. The molecule has 1 aliphatic carbocycles. The lowest BCUT2D eigenvalue weighted by Gasteiger charge is -2.24. The van der Waals surface area contributed by atoms with Gasteiger partial charge in [0.25, 0.3) is 11.5 Å². The number of aliphatic imine (C=N–C) groups is 1. The highest BCUT2D eigenvalue weighted by molar-refractivity contribution is 5.92. The lowest BCUT2D eigenvalue weighted by atomic mass is 10.0. The van der Waals surface area contributed by atoms with Gasteiger partial charge in [0.05, 0.1) is 11.9 Å². The smallest absolute Gasteiger partial charge is 0.269 e. The molecule has 168 valence electrons. The molecule has 1 aliphatic heterocycles. The van der Waals surface area contributed by atoms with Gasteiger partial charge in [-0.05, 0) is 43.9 Å². The van der Waals surface area contributed by atoms with Crippen LogP contribution in [0.2, 0.25) is 0 Å². The first-order valence-electron chi connectivity index (χ1n) is 11.1. The minimum Gasteiger partial charge on any atom is -0.401 e. The number of nitrogens with one attached hydrogen (secondary N) is 2. The Balaban J connectivity index is 1.36. The second-order valence-electron chi connectivity index (χ2n) is 8.48. The molecule has 32 heavy (non-hydrogen) atoms. The highest BCUT2D eigenvalue weighted by atomic mass is 16.1. The predicted molar refractivity (Wildman–Crippen MR) is 125 cm³/mol. The first-order valence-corrected chi connectivity index (χ1v) is 11.1. The van der Waals surface area contributed by atoms with E-state index < -0.39 is 0 Å². The van der Waals surface area contributed by atoms with E-state index in [9.17, 15) is 9.59 Å². The van der Waals surface area contributed by atoms with E-state index in [4.69, 9.17) is 5.73 Å². The van der Waals surface area contributed by atoms with Crippen molar-refractivity contribution in [3.05, 3.63) is 69.0 Å². The van der Waals surface area contributed by atoms with Crippen molar-refractivity contribution in [2.24, 2.45) is 10.7 Å². The van der Waals surface area contributed by atoms with E-state index in [1.54, 1.807) is 31.6 Å². The Morgan fingerprint density at radius 2 is 2.16 bits per heavy atom. The van der Waals surface area contributed by atoms with Crippen molar-refractivity contribution in [2.75, 3.05) is 20.1 Å². The molecule has 4 N–H and O–H groups in total. The molecule has 8 nitrogen and oxygen atoms in total. The van der Waals surface area contributed by atoms with Gasteiger partial charge < -0.3 is 16.0 Å². The Morgan fingerprint density at radius 1 is 1.31 bits per heavy atom. The number of hydrogen-bond donors (Lipinski definition) is 3. The van der Waals surface area contributed by atoms with Gasteiger partial charge in [-0.25, -0.2) is 4.98 Å². The van der Waals surface area contributed by atoms with Gasteiger partial charge in [-0.3, -0.25) is 19.5 Å². The van der Waals surface area contributed by atoms with E-state index in [2.05, 4.69) is 31.2 Å². The van der Waals surface area contributed by atoms with Gasteiger partial charge in [-0.1, -0.05) is 13.0 Å². The summed E-state index contributed by atoms with van der Waals surface area (Å²) in [4.78, 5) is 37.9. The van der Waals surface area contributed by atoms with E-state index in [0.717, 1.165) is 61.3 Å². The molecule has 0 radical (unpaired) electrons. The van der Waals surface area contributed by atoms with Gasteiger partial charge in [-0.15, -0.1) is 0 Å². The van der Waals surface area contributed by atoms with Gasteiger partial charge >= 0.3 is 0 Å². The largest absolute Gasteiger partial charge is 0.401 e. The number of aromatic amines is 1. The maximum atomic E-state index is 12.2. The fourth-order valence-corrected chi connectivity index (χ4v) is 4.56. The van der Waals surface area contributed by atoms with Crippen LogP contribution in [0, 0.1) is 0 Å². The summed E-state index contributed by atoms with van der Waals surface area (Å²) < 4.78 is 0. The summed E-state index contributed by atoms with van der Waals surface area (Å²) in [5.41, 5.74) is 11.1. The second-order valence-corrected chi connectivity index (χ2v) is 8.48. The van der Waals surface area contributed by atoms with Crippen LogP contribution in [0.1, 0.15) is 53.8 Å². The number of hydrogen-bond acceptors (Lipinski definition) is 6. The van der Waals surface area contributed by atoms with E-state index in [-0.39, 0.29) is 11.5 Å². The van der Waals surface area contributed by atoms with Crippen LogP contribution in [0.15, 0.2) is 51.5 Å². The monoisotopic (exact) mass is 434 g/mol. The maximum Gasteiger partial charge on any atom is 0.269 e. The van der Waals surface area contributed by atoms with Crippen LogP contribution in [0.4, 0.5) is 5.69 Å². The summed E-state index contributed by atoms with van der Waals surface area (Å²) >= 11 is 0. The van der Waals surface area contributed by atoms with Crippen LogP contribution in [-0.2, 0) is 6.42 Å². The summed E-state index contributed by atoms with van der Waals surface area (Å²) in [5.74, 6) is 0.154. The highest BCUT2D eigenvalue weighted by Crippen LogP contribution is 2.37. The average Bonchev–Trinajstić information content (AvgIpc) is 3.44. The molecule has 8 heteroatoms. The molecular formula is C24H30N6O2. The third kappa shape index (κ3) is 4.65. The molecule has 1 saturated carbocycles. The first-order chi connectivity index (χ1) is 15.5. The van der Waals surface area contributed by atoms with Crippen molar-refractivity contribution in [1.29, 1.82) is 0 Å². The molecule has 0 saturated heterocycles. The number of aromatic nitrogens is 2. The molecule has 1 fully saturated rings. The second kappa shape index (κ2) is 9.48. The Kier molecular flexibility index (Phi) is 6.50. The molecule has 2 aromatic rings. The van der Waals surface area contributed by atoms with Crippen molar-refractivity contribution in [1.82, 2.24) is 20.2 Å². The lowest BCUT2D eigenvalue weighted by molar-refractivity contribution is 0.0958. The van der Waals surface area contributed by atoms with Gasteiger partial charge in [0.2, 0.25) is 0 Å². The van der Waals surface area contributed by atoms with Crippen molar-refractivity contribution in [2.45, 2.75) is 44.6 Å². The molecule has 2 atom stereocenters. The molecule has 3 heterocycles. The number of H-pyrrole nitrogens is 1. The number of aryl methyl sites for hydroxylation is 1. The third-order valence-electron chi connectivity index (χ3n) is 6.49. The van der Waals surface area contributed by atoms with Crippen LogP contribution >= 0.6 is 0 Å². The van der Waals surface area contributed by atoms with Crippen molar-refractivity contribution in [3.8, 4) is 0 Å². The van der Waals surface area contributed by atoms with Crippen LogP contribution < -0.4 is 16.6 Å². The zero-order valence-corrected chi connectivity index (χ0v) is 18.6. The van der Waals surface area contributed by atoms with Gasteiger partial charge in [-0.2, -0.15) is 0 Å². The summed E-state index contributed by atoms with van der Waals surface area (Å²) in [6.07, 6.45) is 7.31. The van der Waals surface area contributed by atoms with Gasteiger partial charge in [0.15, 0.2) is 0 Å². The number of nitrogens with two attached hydrogens (primary N) is 1. The fourth-order valence-electron chi connectivity index (χ4n) is 4.56. The van der Waals surface area contributed by atoms with Gasteiger partial charge in [0.1, 0.15) is 5.69 Å². The predicted octanol–water partition coefficient (Wildman–Crippen LogP) is 2.26. The summed E-state index contributed by atoms with van der Waals surface area (Å²) in [6, 6.07) is 7.89. The van der Waals surface area contributed by atoms with E-state index in [1.807, 2.05) is 13.0 Å². The average molecular weight is 435 g/mol. The molecule has 4 rings (SSSR count). The summed E-state index contributed by atoms with van der Waals surface area (Å²) in [6.45, 7) is 3.50. The number of carbonyl (C=O) groups is 1. The SMILES string of the molecule is CCc1ccc(C2CCC(N3CC(N)=C(C=Nc4ccc(C(=O)NC)nc4)C3)C2)[nH]c1=O. The van der Waals surface area contributed by atoms with Crippen LogP contribution in [0.25, 0.3) is 0 Å². The Hall–Kier alpha value is -3.26. The molecule has 1 amide bonds. The molecule has 2 unspecified atom stereocenters. The fraction of sp³-hybridized carbons (Fsp3) is 0.417. The van der Waals surface area contributed by atoms with Crippen molar-refractivity contribution in [3.63, 3.8) is 0 Å². The Bertz CT molecular complexity index is 1100. The number of pyridine rings is 2. The molecule has 2 aliphatic rings. The molecule has 0 spiro atoms. The Morgan fingerprint density at radius 3 is 2.84 bits per heavy atom. The van der Waals surface area contributed by atoms with Crippen molar-refractivity contribution >= 4 is 17.8 Å². The standard InChI is InChI=1S/C24H30N6O2/c1-3-15-5-8-21(29-23(15)31)16-4-7-19(10-16)30-13-17(20(25)14-30)11-27-18-6-9-22(28-12-18)24(32)26-2/h5-6,8-9,11-12,16,19H,3-4,7,10,13-14,25H2,1-2H3,(H,26,32)(H,29,31). The quantitative estimate of drug-likeness (QED) is 0.603. The summed E-state index contributed by atoms with van der Waals surface area (Å²) in [5, 5.41) is 2.55. The topological polar surface area (TPSA) is 116 Å². The van der Waals surface area contributed by atoms with E-state index in [0.29, 0.717) is 23.3 Å². The lowest BCUT2D eigenvalue weighted by Crippen LogP contribution is -2.32. The number of amides is 1. The van der Waals surface area contributed by atoms with Crippen LogP contribution in [0.5, 0.6) is 0 Å². The highest BCUT2D eigenvalue weighted by Gasteiger charge is 2.33. The zero-order chi connectivity index (χ0) is 22.7. The molecule has 0 bridgehead atoms. The number of carbonyl (C=O) groups excluding carboxylic acids is 1. The van der Waals surface area contributed by atoms with Crippen LogP contribution in [0.3, 0.4) is 0 Å². The van der Waals surface area contributed by atoms with Gasteiger partial charge in [0, 0.05) is 60.8 Å². The molecule has 0 aromatic carbocycles. The maximum absolute atomic E-state index is 12.2. The minimum atomic E-state index is -0.223. The zero-order valence-electron chi connectivity index (χ0n) is 18.6.